The van der Waals surface area contributed by atoms with Gasteiger partial charge in [-0.25, -0.2) is 0 Å². The first kappa shape index (κ1) is 74.4. The van der Waals surface area contributed by atoms with Gasteiger partial charge in [-0.3, -0.25) is 37.6 Å². The van der Waals surface area contributed by atoms with Gasteiger partial charge in [0.05, 0.1) is 58.7 Å². The minimum absolute atomic E-state index is 0.0513. The van der Waals surface area contributed by atoms with Gasteiger partial charge >= 0.3 is 31.5 Å². The van der Waals surface area contributed by atoms with Gasteiger partial charge in [-0.05, 0) is 104 Å². The van der Waals surface area contributed by atoms with Gasteiger partial charge in [-0.1, -0.05) is 81.4 Å². The largest absolute Gasteiger partial charge is 0.481 e. The standard InChI is InChI=1S/C10H14O3S.C9H19NO4S.C8H16O3.C7H15O5P.C7H14O2.C5H10O2/c1-3-8(2)9-4-6-10(7-5-9)14(11,12)13;1-5-7(2)8(11)10-9(3,4)6-15(12,13)14;1-4-8(2,3)7(10)11-6-5-9;1-3-6(2)7(8)12-4-5-13(9,10)11;1-5-7(2,3)6(8)9-4;1-3-4(2)5(6)7/h4-8H,3H2,1-2H3,(H,11,12,13);7H,5-6H2,1-4H3,(H,10,11)(H,12,13,14);9H,4-6H2,1-3H3;6H,3-5H2,1-2H3,(H2,9,10,11);5H2,1-4H3;4H,3H2,1-2H3,(H,6,7). The lowest BCUT2D eigenvalue weighted by atomic mass is 9.91. The Labute approximate surface area is 413 Å². The molecule has 0 aromatic heterocycles. The molecule has 69 heavy (non-hydrogen) atoms. The van der Waals surface area contributed by atoms with Crippen molar-refractivity contribution in [3.63, 3.8) is 0 Å². The number of rotatable bonds is 21. The van der Waals surface area contributed by atoms with Crippen molar-refractivity contribution in [2.75, 3.05) is 38.8 Å². The van der Waals surface area contributed by atoms with E-state index >= 15 is 0 Å². The van der Waals surface area contributed by atoms with Crippen LogP contribution in [0.3, 0.4) is 0 Å². The van der Waals surface area contributed by atoms with Crippen LogP contribution in [0, 0.1) is 28.6 Å². The molecule has 1 rings (SSSR count). The number of aliphatic hydroxyl groups excluding tert-OH is 1. The summed E-state index contributed by atoms with van der Waals surface area (Å²) in [5, 5.41) is 19.1. The molecular weight excluding hydrogens is 966 g/mol. The molecule has 0 radical (unpaired) electrons. The van der Waals surface area contributed by atoms with Crippen LogP contribution in [-0.4, -0.2) is 120 Å². The van der Waals surface area contributed by atoms with Crippen LogP contribution in [-0.2, 0) is 63.0 Å². The summed E-state index contributed by atoms with van der Waals surface area (Å²) >= 11 is 0. The highest BCUT2D eigenvalue weighted by molar-refractivity contribution is 7.86. The summed E-state index contributed by atoms with van der Waals surface area (Å²) < 4.78 is 84.6. The van der Waals surface area contributed by atoms with Gasteiger partial charge in [-0.2, -0.15) is 16.8 Å². The average molecular weight is 1050 g/mol. The van der Waals surface area contributed by atoms with Crippen LogP contribution < -0.4 is 5.32 Å². The van der Waals surface area contributed by atoms with Crippen molar-refractivity contribution in [2.45, 2.75) is 166 Å². The fourth-order valence-electron chi connectivity index (χ4n) is 3.99. The summed E-state index contributed by atoms with van der Waals surface area (Å²) in [5.41, 5.74) is -0.599. The number of hydrogen-bond acceptors (Lipinski definition) is 14. The van der Waals surface area contributed by atoms with Gasteiger partial charge in [0.2, 0.25) is 5.91 Å². The SMILES string of the molecule is CCC(C)(C)C(=O)OC.CCC(C)(C)C(=O)OCCO.CCC(C)C(=O)NC(C)(C)CS(=O)(=O)O.CCC(C)C(=O)O.CCC(C)C(=O)OCCP(=O)(O)O.CCC(C)c1ccc(S(=O)(=O)O)cc1. The van der Waals surface area contributed by atoms with E-state index in [1.807, 2.05) is 62.3 Å². The molecule has 4 atom stereocenters. The molecule has 0 heterocycles. The Morgan fingerprint density at radius 3 is 1.41 bits per heavy atom. The van der Waals surface area contributed by atoms with E-state index in [0.717, 1.165) is 31.2 Å². The van der Waals surface area contributed by atoms with Gasteiger partial charge in [0.25, 0.3) is 20.2 Å². The van der Waals surface area contributed by atoms with Crippen molar-refractivity contribution in [3.05, 3.63) is 29.8 Å². The Morgan fingerprint density at radius 1 is 0.681 bits per heavy atom. The highest BCUT2D eigenvalue weighted by Crippen LogP contribution is 2.33. The number of carbonyl (C=O) groups is 5. The van der Waals surface area contributed by atoms with E-state index in [4.69, 9.17) is 33.8 Å². The predicted molar refractivity (Wildman–Crippen MR) is 266 cm³/mol. The average Bonchev–Trinajstić information content (AvgIpc) is 3.25. The van der Waals surface area contributed by atoms with E-state index < -0.39 is 62.6 Å². The zero-order valence-corrected chi connectivity index (χ0v) is 46.7. The summed E-state index contributed by atoms with van der Waals surface area (Å²) in [6.07, 6.45) is 4.23. The van der Waals surface area contributed by atoms with Crippen LogP contribution in [0.25, 0.3) is 0 Å². The minimum atomic E-state index is -4.07. The maximum atomic E-state index is 11.5. The highest BCUT2D eigenvalue weighted by Gasteiger charge is 2.29. The normalized spacial score (nSPS) is 13.2. The fraction of sp³-hybridized carbons (Fsp3) is 0.761. The van der Waals surface area contributed by atoms with Gasteiger partial charge in [-0.15, -0.1) is 0 Å². The second kappa shape index (κ2) is 36.4. The topological polar surface area (TPSA) is 332 Å². The Kier molecular flexibility index (Phi) is 39.3. The van der Waals surface area contributed by atoms with Crippen LogP contribution in [0.1, 0.15) is 161 Å². The monoisotopic (exact) mass is 1050 g/mol. The fourth-order valence-corrected chi connectivity index (χ4v) is 5.78. The maximum absolute atomic E-state index is 11.5. The number of carboxylic acids is 1. The molecule has 4 unspecified atom stereocenters. The third-order valence-electron chi connectivity index (χ3n) is 10.5. The molecule has 7 N–H and O–H groups in total. The lowest BCUT2D eigenvalue weighted by Gasteiger charge is -2.26. The summed E-state index contributed by atoms with van der Waals surface area (Å²) in [6.45, 7) is 29.1. The molecule has 0 bridgehead atoms. The first-order valence-electron chi connectivity index (χ1n) is 22.8. The van der Waals surface area contributed by atoms with Crippen molar-refractivity contribution < 1.29 is 88.7 Å². The minimum Gasteiger partial charge on any atom is -0.481 e. The lowest BCUT2D eigenvalue weighted by molar-refractivity contribution is -0.155. The lowest BCUT2D eigenvalue weighted by Crippen LogP contribution is -2.49. The smallest absolute Gasteiger partial charge is 0.328 e. The van der Waals surface area contributed by atoms with Gasteiger partial charge in [0.1, 0.15) is 13.2 Å². The number of esters is 3. The number of nitrogens with one attached hydrogen (secondary N) is 1. The van der Waals surface area contributed by atoms with Crippen LogP contribution in [0.15, 0.2) is 29.2 Å². The van der Waals surface area contributed by atoms with Gasteiger partial charge in [0.15, 0.2) is 0 Å². The molecule has 0 aliphatic rings. The summed E-state index contributed by atoms with van der Waals surface area (Å²) in [5.74, 6) is -2.32. The molecule has 0 saturated carbocycles. The Morgan fingerprint density at radius 2 is 1.12 bits per heavy atom. The number of aliphatic hydroxyl groups is 1. The third-order valence-corrected chi connectivity index (χ3v) is 13.2. The zero-order valence-electron chi connectivity index (χ0n) is 44.2. The molecule has 408 valence electrons. The first-order chi connectivity index (χ1) is 31.2. The van der Waals surface area contributed by atoms with Crippen molar-refractivity contribution in [2.24, 2.45) is 28.6 Å². The van der Waals surface area contributed by atoms with Crippen LogP contribution in [0.4, 0.5) is 0 Å². The van der Waals surface area contributed by atoms with Crippen molar-refractivity contribution >= 4 is 57.6 Å². The number of ether oxygens (including phenoxy) is 3. The van der Waals surface area contributed by atoms with Crippen LogP contribution >= 0.6 is 7.60 Å². The molecule has 1 aromatic rings. The van der Waals surface area contributed by atoms with Gasteiger partial charge < -0.3 is 39.5 Å². The van der Waals surface area contributed by atoms with Crippen molar-refractivity contribution in [1.29, 1.82) is 0 Å². The predicted octanol–water partition coefficient (Wildman–Crippen LogP) is 7.69. The Bertz CT molecular complexity index is 1900. The van der Waals surface area contributed by atoms with E-state index in [-0.39, 0.29) is 65.7 Å². The number of carboxylic acid groups (broad SMARTS) is 1. The Hall–Kier alpha value is -3.50. The quantitative estimate of drug-likeness (QED) is 0.0268. The van der Waals surface area contributed by atoms with E-state index in [1.54, 1.807) is 46.8 Å². The van der Waals surface area contributed by atoms with Crippen LogP contribution in [0.5, 0.6) is 0 Å². The number of amides is 1. The second-order valence-corrected chi connectivity index (χ2v) is 22.8. The molecule has 1 aromatic carbocycles. The number of carbonyl (C=O) groups excluding carboxylic acids is 4. The summed E-state index contributed by atoms with van der Waals surface area (Å²) in [6, 6.07) is 6.32. The highest BCUT2D eigenvalue weighted by atomic mass is 32.2. The molecule has 0 spiro atoms. The molecule has 0 aliphatic heterocycles. The van der Waals surface area contributed by atoms with Crippen molar-refractivity contribution in [3.8, 4) is 0 Å². The van der Waals surface area contributed by atoms with E-state index in [1.165, 1.54) is 19.2 Å². The molecule has 0 aliphatic carbocycles. The number of methoxy groups -OCH3 is 1. The first-order valence-corrected chi connectivity index (χ1v) is 27.7. The number of benzene rings is 1. The van der Waals surface area contributed by atoms with E-state index in [2.05, 4.69) is 28.6 Å². The maximum Gasteiger partial charge on any atom is 0.328 e. The second-order valence-electron chi connectivity index (χ2n) is 18.1. The summed E-state index contributed by atoms with van der Waals surface area (Å²) in [4.78, 5) is 71.2. The molecular formula is C46H88NO19PS2. The molecule has 0 fully saturated rings. The molecule has 1 amide bonds. The van der Waals surface area contributed by atoms with Crippen LogP contribution in [0.2, 0.25) is 0 Å². The van der Waals surface area contributed by atoms with E-state index in [0.29, 0.717) is 18.8 Å². The Balaban J connectivity index is -0.000000241. The summed E-state index contributed by atoms with van der Waals surface area (Å²) in [7, 11) is -10.7. The number of aliphatic carboxylic acids is 1. The zero-order chi connectivity index (χ0) is 55.8. The number of hydrogen-bond donors (Lipinski definition) is 7. The molecule has 20 nitrogen and oxygen atoms in total. The van der Waals surface area contributed by atoms with Crippen molar-refractivity contribution in [1.82, 2.24) is 5.32 Å². The van der Waals surface area contributed by atoms with E-state index in [9.17, 15) is 45.4 Å². The van der Waals surface area contributed by atoms with Gasteiger partial charge in [0, 0.05) is 5.92 Å². The molecule has 0 saturated heterocycles. The third kappa shape index (κ3) is 40.9. The molecule has 23 heteroatoms.